The Morgan fingerprint density at radius 3 is 2.59 bits per heavy atom. The molecule has 0 fully saturated rings. The lowest BCUT2D eigenvalue weighted by Gasteiger charge is -2.12. The summed E-state index contributed by atoms with van der Waals surface area (Å²) in [5.74, 6) is 0.0579. The molecule has 1 heterocycles. The summed E-state index contributed by atoms with van der Waals surface area (Å²) in [6.45, 7) is 0. The molecule has 0 unspecified atom stereocenters. The van der Waals surface area contributed by atoms with Crippen LogP contribution >= 0.6 is 27.3 Å². The fourth-order valence-electron chi connectivity index (χ4n) is 1.69. The topological polar surface area (TPSA) is 84.5 Å². The molecule has 9 heteroatoms. The van der Waals surface area contributed by atoms with Crippen molar-refractivity contribution in [1.29, 1.82) is 0 Å². The van der Waals surface area contributed by atoms with Crippen molar-refractivity contribution in [3.05, 3.63) is 39.0 Å². The van der Waals surface area contributed by atoms with Crippen molar-refractivity contribution in [2.24, 2.45) is 0 Å². The molecule has 0 radical (unpaired) electrons. The standard InChI is InChI=1S/C13H13BrN2O4S2/c1-20-11-6-9(3-4-10(11)16-22(2,18)19)15-13(17)8-5-12(14)21-7-8/h3-7,16H,1-2H3,(H,15,17). The van der Waals surface area contributed by atoms with Crippen LogP contribution < -0.4 is 14.8 Å². The Hall–Kier alpha value is -1.58. The molecule has 1 aromatic heterocycles. The smallest absolute Gasteiger partial charge is 0.256 e. The van der Waals surface area contributed by atoms with Gasteiger partial charge in [0, 0.05) is 17.1 Å². The number of ether oxygens (including phenoxy) is 1. The van der Waals surface area contributed by atoms with E-state index < -0.39 is 10.0 Å². The molecular weight excluding hydrogens is 392 g/mol. The Bertz CT molecular complexity index is 802. The van der Waals surface area contributed by atoms with Gasteiger partial charge in [0.2, 0.25) is 10.0 Å². The van der Waals surface area contributed by atoms with E-state index >= 15 is 0 Å². The fourth-order valence-corrected chi connectivity index (χ4v) is 3.39. The van der Waals surface area contributed by atoms with E-state index in [2.05, 4.69) is 26.0 Å². The molecule has 0 spiro atoms. The summed E-state index contributed by atoms with van der Waals surface area (Å²) >= 11 is 4.71. The molecule has 0 atom stereocenters. The maximum Gasteiger partial charge on any atom is 0.256 e. The Labute approximate surface area is 140 Å². The molecule has 0 aliphatic rings. The van der Waals surface area contributed by atoms with Crippen LogP contribution in [0.3, 0.4) is 0 Å². The molecule has 2 aromatic rings. The van der Waals surface area contributed by atoms with Crippen LogP contribution in [0.15, 0.2) is 33.4 Å². The molecule has 2 rings (SSSR count). The highest BCUT2D eigenvalue weighted by Gasteiger charge is 2.12. The number of hydrogen-bond donors (Lipinski definition) is 2. The molecule has 0 aliphatic carbocycles. The number of carbonyl (C=O) groups is 1. The van der Waals surface area contributed by atoms with E-state index in [0.717, 1.165) is 10.0 Å². The number of nitrogens with one attached hydrogen (secondary N) is 2. The van der Waals surface area contributed by atoms with Gasteiger partial charge in [-0.15, -0.1) is 11.3 Å². The molecular formula is C13H13BrN2O4S2. The maximum atomic E-state index is 12.1. The largest absolute Gasteiger partial charge is 0.494 e. The average molecular weight is 405 g/mol. The number of carbonyl (C=O) groups excluding carboxylic acids is 1. The van der Waals surface area contributed by atoms with E-state index in [0.29, 0.717) is 22.7 Å². The molecule has 0 aliphatic heterocycles. The van der Waals surface area contributed by atoms with Gasteiger partial charge in [0.05, 0.1) is 28.4 Å². The van der Waals surface area contributed by atoms with Crippen LogP contribution in [0.2, 0.25) is 0 Å². The molecule has 6 nitrogen and oxygen atoms in total. The molecule has 0 saturated carbocycles. The molecule has 0 bridgehead atoms. The lowest BCUT2D eigenvalue weighted by atomic mass is 10.2. The van der Waals surface area contributed by atoms with Crippen molar-refractivity contribution in [2.45, 2.75) is 0 Å². The summed E-state index contributed by atoms with van der Waals surface area (Å²) in [5, 5.41) is 4.46. The minimum Gasteiger partial charge on any atom is -0.494 e. The van der Waals surface area contributed by atoms with Gasteiger partial charge in [-0.25, -0.2) is 8.42 Å². The summed E-state index contributed by atoms with van der Waals surface area (Å²) < 4.78 is 30.9. The fraction of sp³-hybridized carbons (Fsp3) is 0.154. The van der Waals surface area contributed by atoms with E-state index in [-0.39, 0.29) is 5.91 Å². The average Bonchev–Trinajstić information content (AvgIpc) is 2.85. The highest BCUT2D eigenvalue weighted by atomic mass is 79.9. The lowest BCUT2D eigenvalue weighted by Crippen LogP contribution is -2.12. The number of halogens is 1. The third-order valence-corrected chi connectivity index (χ3v) is 4.68. The van der Waals surface area contributed by atoms with E-state index in [1.54, 1.807) is 23.6 Å². The number of methoxy groups -OCH3 is 1. The first-order chi connectivity index (χ1) is 10.3. The van der Waals surface area contributed by atoms with Crippen LogP contribution in [0.5, 0.6) is 5.75 Å². The maximum absolute atomic E-state index is 12.1. The number of amides is 1. The zero-order valence-corrected chi connectivity index (χ0v) is 14.9. The monoisotopic (exact) mass is 404 g/mol. The Morgan fingerprint density at radius 1 is 1.32 bits per heavy atom. The van der Waals surface area contributed by atoms with Crippen LogP contribution in [0.25, 0.3) is 0 Å². The van der Waals surface area contributed by atoms with Crippen molar-refractivity contribution in [3.63, 3.8) is 0 Å². The predicted octanol–water partition coefficient (Wildman–Crippen LogP) is 3.14. The minimum atomic E-state index is -3.41. The highest BCUT2D eigenvalue weighted by molar-refractivity contribution is 9.11. The zero-order chi connectivity index (χ0) is 16.3. The minimum absolute atomic E-state index is 0.257. The van der Waals surface area contributed by atoms with Crippen molar-refractivity contribution >= 4 is 54.6 Å². The van der Waals surface area contributed by atoms with E-state index in [4.69, 9.17) is 4.74 Å². The molecule has 1 amide bonds. The summed E-state index contributed by atoms with van der Waals surface area (Å²) in [6.07, 6.45) is 1.05. The summed E-state index contributed by atoms with van der Waals surface area (Å²) in [5.41, 5.74) is 1.35. The third kappa shape index (κ3) is 4.46. The van der Waals surface area contributed by atoms with E-state index in [9.17, 15) is 13.2 Å². The van der Waals surface area contributed by atoms with E-state index in [1.807, 2.05) is 0 Å². The Kier molecular flexibility index (Phi) is 5.09. The molecule has 2 N–H and O–H groups in total. The first-order valence-electron chi connectivity index (χ1n) is 6.00. The summed E-state index contributed by atoms with van der Waals surface area (Å²) in [7, 11) is -1.99. The van der Waals surface area contributed by atoms with Gasteiger partial charge in [0.25, 0.3) is 5.91 Å². The van der Waals surface area contributed by atoms with Crippen LogP contribution in [0.1, 0.15) is 10.4 Å². The number of anilines is 2. The van der Waals surface area contributed by atoms with Crippen LogP contribution in [0, 0.1) is 0 Å². The second kappa shape index (κ2) is 6.67. The van der Waals surface area contributed by atoms with Crippen molar-refractivity contribution < 1.29 is 17.9 Å². The van der Waals surface area contributed by atoms with Gasteiger partial charge in [-0.05, 0) is 34.1 Å². The van der Waals surface area contributed by atoms with Crippen LogP contribution in [-0.4, -0.2) is 27.7 Å². The lowest BCUT2D eigenvalue weighted by molar-refractivity contribution is 0.102. The van der Waals surface area contributed by atoms with Crippen LogP contribution in [-0.2, 0) is 10.0 Å². The van der Waals surface area contributed by atoms with Gasteiger partial charge < -0.3 is 10.1 Å². The Morgan fingerprint density at radius 2 is 2.05 bits per heavy atom. The first kappa shape index (κ1) is 16.8. The predicted molar refractivity (Wildman–Crippen MR) is 91.4 cm³/mol. The van der Waals surface area contributed by atoms with Gasteiger partial charge in [0.15, 0.2) is 0 Å². The van der Waals surface area contributed by atoms with Crippen molar-refractivity contribution in [2.75, 3.05) is 23.4 Å². The van der Waals surface area contributed by atoms with Gasteiger partial charge in [0.1, 0.15) is 5.75 Å². The second-order valence-electron chi connectivity index (χ2n) is 4.38. The molecule has 1 aromatic carbocycles. The number of sulfonamides is 1. The molecule has 22 heavy (non-hydrogen) atoms. The molecule has 0 saturated heterocycles. The van der Waals surface area contributed by atoms with Crippen LogP contribution in [0.4, 0.5) is 11.4 Å². The second-order valence-corrected chi connectivity index (χ2v) is 8.42. The number of thiophene rings is 1. The van der Waals surface area contributed by atoms with Gasteiger partial charge in [-0.2, -0.15) is 0 Å². The van der Waals surface area contributed by atoms with Gasteiger partial charge in [-0.3, -0.25) is 9.52 Å². The molecule has 118 valence electrons. The quantitative estimate of drug-likeness (QED) is 0.801. The SMILES string of the molecule is COc1cc(NC(=O)c2csc(Br)c2)ccc1NS(C)(=O)=O. The number of hydrogen-bond acceptors (Lipinski definition) is 5. The number of benzene rings is 1. The van der Waals surface area contributed by atoms with Crippen molar-refractivity contribution in [3.8, 4) is 5.75 Å². The summed E-state index contributed by atoms with van der Waals surface area (Å²) in [6, 6.07) is 6.39. The van der Waals surface area contributed by atoms with Crippen molar-refractivity contribution in [1.82, 2.24) is 0 Å². The van der Waals surface area contributed by atoms with E-state index in [1.165, 1.54) is 24.5 Å². The third-order valence-electron chi connectivity index (χ3n) is 2.58. The number of rotatable bonds is 5. The highest BCUT2D eigenvalue weighted by Crippen LogP contribution is 2.29. The zero-order valence-electron chi connectivity index (χ0n) is 11.7. The normalized spacial score (nSPS) is 11.0. The summed E-state index contributed by atoms with van der Waals surface area (Å²) in [4.78, 5) is 12.1. The van der Waals surface area contributed by atoms with Gasteiger partial charge in [-0.1, -0.05) is 0 Å². The first-order valence-corrected chi connectivity index (χ1v) is 9.56. The Balaban J connectivity index is 2.21. The van der Waals surface area contributed by atoms with Gasteiger partial charge >= 0.3 is 0 Å².